The van der Waals surface area contributed by atoms with E-state index in [1.807, 2.05) is 49.9 Å². The summed E-state index contributed by atoms with van der Waals surface area (Å²) in [6.45, 7) is 8.39. The molecule has 0 spiro atoms. The monoisotopic (exact) mass is 497 g/mol. The van der Waals surface area contributed by atoms with E-state index in [-0.39, 0.29) is 17.2 Å². The number of nitrogens with one attached hydrogen (secondary N) is 1. The van der Waals surface area contributed by atoms with Crippen molar-refractivity contribution in [1.82, 2.24) is 9.62 Å². The highest BCUT2D eigenvalue weighted by atomic mass is 32.2. The Morgan fingerprint density at radius 1 is 1.00 bits per heavy atom. The summed E-state index contributed by atoms with van der Waals surface area (Å²) in [6, 6.07) is 14.3. The van der Waals surface area contributed by atoms with Gasteiger partial charge >= 0.3 is 0 Å². The molecule has 0 saturated heterocycles. The molecule has 2 aromatic rings. The van der Waals surface area contributed by atoms with Gasteiger partial charge in [-0.3, -0.25) is 9.59 Å². The van der Waals surface area contributed by atoms with E-state index in [0.29, 0.717) is 18.5 Å². The van der Waals surface area contributed by atoms with Crippen LogP contribution in [0.1, 0.15) is 71.8 Å². The van der Waals surface area contributed by atoms with E-state index >= 15 is 0 Å². The third-order valence-electron chi connectivity index (χ3n) is 6.25. The Kier molecular flexibility index (Phi) is 8.48. The molecular weight excluding hydrogens is 462 g/mol. The minimum atomic E-state index is -4.00. The summed E-state index contributed by atoms with van der Waals surface area (Å²) in [5.41, 5.74) is 1.55. The lowest BCUT2D eigenvalue weighted by atomic mass is 10.0. The van der Waals surface area contributed by atoms with Gasteiger partial charge < -0.3 is 4.90 Å². The molecule has 35 heavy (non-hydrogen) atoms. The number of aliphatic imine (C=N–C) groups is 1. The number of nitrogens with zero attached hydrogens (tertiary/aromatic N) is 2. The van der Waals surface area contributed by atoms with Crippen LogP contribution in [0, 0.1) is 0 Å². The zero-order valence-electron chi connectivity index (χ0n) is 21.0. The van der Waals surface area contributed by atoms with Gasteiger partial charge in [-0.25, -0.2) is 13.1 Å². The summed E-state index contributed by atoms with van der Waals surface area (Å²) >= 11 is 0. The van der Waals surface area contributed by atoms with Crippen molar-refractivity contribution in [1.29, 1.82) is 0 Å². The molecule has 2 amide bonds. The Bertz CT molecular complexity index is 1200. The van der Waals surface area contributed by atoms with Crippen molar-refractivity contribution in [2.24, 2.45) is 4.99 Å². The summed E-state index contributed by atoms with van der Waals surface area (Å²) in [6.07, 6.45) is 4.32. The first-order chi connectivity index (χ1) is 16.6. The number of sulfonamides is 1. The molecule has 7 nitrogen and oxygen atoms in total. The van der Waals surface area contributed by atoms with E-state index in [0.717, 1.165) is 42.6 Å². The molecule has 1 aliphatic rings. The average Bonchev–Trinajstić information content (AvgIpc) is 3.02. The molecule has 8 heteroatoms. The highest BCUT2D eigenvalue weighted by Crippen LogP contribution is 2.30. The standard InChI is InChI=1S/C27H35N3O4S/c1-5-7-8-14-25(31)29-35(33,34)23-13-10-9-12-22(23)21-17-15-20(16-18-21)19-30-24(11-6-2)28-26(32)27(30,3)4/h9-10,12-13,15-18H,5-8,11,14,19H2,1-4H3,(H,29,31). The highest BCUT2D eigenvalue weighted by molar-refractivity contribution is 7.90. The summed E-state index contributed by atoms with van der Waals surface area (Å²) in [4.78, 5) is 30.9. The lowest BCUT2D eigenvalue weighted by Gasteiger charge is -2.32. The second kappa shape index (κ2) is 11.2. The van der Waals surface area contributed by atoms with E-state index in [4.69, 9.17) is 0 Å². The largest absolute Gasteiger partial charge is 0.341 e. The zero-order chi connectivity index (χ0) is 25.6. The molecule has 0 fully saturated rings. The Hall–Kier alpha value is -3.00. The molecule has 1 aliphatic heterocycles. The number of hydrogen-bond donors (Lipinski definition) is 1. The van der Waals surface area contributed by atoms with Crippen LogP contribution in [0.2, 0.25) is 0 Å². The molecule has 1 N–H and O–H groups in total. The first-order valence-corrected chi connectivity index (χ1v) is 13.7. The van der Waals surface area contributed by atoms with Crippen molar-refractivity contribution in [2.75, 3.05) is 0 Å². The van der Waals surface area contributed by atoms with Gasteiger partial charge in [-0.05, 0) is 43.9 Å². The summed E-state index contributed by atoms with van der Waals surface area (Å²) in [5, 5.41) is 0. The first-order valence-electron chi connectivity index (χ1n) is 12.2. The van der Waals surface area contributed by atoms with Gasteiger partial charge in [-0.15, -0.1) is 0 Å². The number of carbonyl (C=O) groups excluding carboxylic acids is 2. The smallest absolute Gasteiger partial charge is 0.272 e. The minimum Gasteiger partial charge on any atom is -0.341 e. The maximum atomic E-state index is 13.0. The second-order valence-electron chi connectivity index (χ2n) is 9.41. The van der Waals surface area contributed by atoms with Gasteiger partial charge in [-0.2, -0.15) is 4.99 Å². The van der Waals surface area contributed by atoms with Crippen LogP contribution in [0.25, 0.3) is 11.1 Å². The number of hydrogen-bond acceptors (Lipinski definition) is 5. The lowest BCUT2D eigenvalue weighted by molar-refractivity contribution is -0.124. The Morgan fingerprint density at radius 2 is 1.69 bits per heavy atom. The molecule has 0 aromatic heterocycles. The Morgan fingerprint density at radius 3 is 2.34 bits per heavy atom. The predicted octanol–water partition coefficient (Wildman–Crippen LogP) is 5.06. The number of unbranched alkanes of at least 4 members (excludes halogenated alkanes) is 2. The summed E-state index contributed by atoms with van der Waals surface area (Å²) in [7, 11) is -4.00. The summed E-state index contributed by atoms with van der Waals surface area (Å²) < 4.78 is 28.2. The van der Waals surface area contributed by atoms with E-state index in [1.54, 1.807) is 18.2 Å². The van der Waals surface area contributed by atoms with Gasteiger partial charge in [0, 0.05) is 24.9 Å². The molecule has 0 radical (unpaired) electrons. The van der Waals surface area contributed by atoms with Crippen LogP contribution in [0.15, 0.2) is 58.4 Å². The maximum Gasteiger partial charge on any atom is 0.272 e. The van der Waals surface area contributed by atoms with Crippen LogP contribution >= 0.6 is 0 Å². The van der Waals surface area contributed by atoms with Crippen molar-refractivity contribution in [2.45, 2.75) is 83.2 Å². The third-order valence-corrected chi connectivity index (χ3v) is 7.68. The predicted molar refractivity (Wildman–Crippen MR) is 138 cm³/mol. The lowest BCUT2D eigenvalue weighted by Crippen LogP contribution is -2.46. The molecule has 0 saturated carbocycles. The van der Waals surface area contributed by atoms with Crippen molar-refractivity contribution in [3.63, 3.8) is 0 Å². The number of carbonyl (C=O) groups is 2. The highest BCUT2D eigenvalue weighted by Gasteiger charge is 2.41. The van der Waals surface area contributed by atoms with E-state index < -0.39 is 21.5 Å². The maximum absolute atomic E-state index is 13.0. The van der Waals surface area contributed by atoms with Crippen LogP contribution in [0.4, 0.5) is 0 Å². The van der Waals surface area contributed by atoms with E-state index in [9.17, 15) is 18.0 Å². The molecule has 0 aliphatic carbocycles. The Balaban J connectivity index is 1.81. The van der Waals surface area contributed by atoms with Crippen molar-refractivity contribution < 1.29 is 18.0 Å². The quantitative estimate of drug-likeness (QED) is 0.438. The van der Waals surface area contributed by atoms with Crippen LogP contribution < -0.4 is 4.72 Å². The third kappa shape index (κ3) is 6.17. The van der Waals surface area contributed by atoms with Crippen LogP contribution in [-0.2, 0) is 26.2 Å². The number of rotatable bonds is 11. The fourth-order valence-electron chi connectivity index (χ4n) is 4.16. The molecule has 1 heterocycles. The molecule has 0 atom stereocenters. The normalized spacial score (nSPS) is 15.3. The first kappa shape index (κ1) is 26.6. The molecule has 3 rings (SSSR count). The van der Waals surface area contributed by atoms with Gasteiger partial charge in [0.2, 0.25) is 5.91 Å². The van der Waals surface area contributed by atoms with Crippen molar-refractivity contribution >= 4 is 27.7 Å². The van der Waals surface area contributed by atoms with Gasteiger partial charge in [0.05, 0.1) is 4.90 Å². The van der Waals surface area contributed by atoms with Gasteiger partial charge in [0.25, 0.3) is 15.9 Å². The van der Waals surface area contributed by atoms with Crippen LogP contribution in [0.3, 0.4) is 0 Å². The van der Waals surface area contributed by atoms with Gasteiger partial charge in [-0.1, -0.05) is 69.2 Å². The average molecular weight is 498 g/mol. The second-order valence-corrected chi connectivity index (χ2v) is 11.1. The van der Waals surface area contributed by atoms with Crippen molar-refractivity contribution in [3.8, 4) is 11.1 Å². The minimum absolute atomic E-state index is 0.0697. The van der Waals surface area contributed by atoms with Gasteiger partial charge in [0.1, 0.15) is 11.4 Å². The molecule has 188 valence electrons. The van der Waals surface area contributed by atoms with Crippen LogP contribution in [-0.4, -0.2) is 36.5 Å². The Labute approximate surface area is 208 Å². The van der Waals surface area contributed by atoms with Crippen LogP contribution in [0.5, 0.6) is 0 Å². The molecular formula is C27H35N3O4S. The fourth-order valence-corrected chi connectivity index (χ4v) is 5.40. The number of benzene rings is 2. The van der Waals surface area contributed by atoms with Gasteiger partial charge in [0.15, 0.2) is 0 Å². The topological polar surface area (TPSA) is 95.9 Å². The molecule has 0 bridgehead atoms. The zero-order valence-corrected chi connectivity index (χ0v) is 21.8. The molecule has 0 unspecified atom stereocenters. The summed E-state index contributed by atoms with van der Waals surface area (Å²) in [5.74, 6) is 0.182. The van der Waals surface area contributed by atoms with E-state index in [1.165, 1.54) is 6.07 Å². The SMILES string of the molecule is CCCCCC(=O)NS(=O)(=O)c1ccccc1-c1ccc(CN2C(CCC)=NC(=O)C2(C)C)cc1. The van der Waals surface area contributed by atoms with Crippen molar-refractivity contribution in [3.05, 3.63) is 54.1 Å². The molecule has 2 aromatic carbocycles. The number of amides is 2. The number of amidine groups is 1. The fraction of sp³-hybridized carbons (Fsp3) is 0.444. The van der Waals surface area contributed by atoms with E-state index in [2.05, 4.69) is 16.6 Å².